The maximum Gasteiger partial charge on any atom is 0.336 e. The Bertz CT molecular complexity index is 719. The van der Waals surface area contributed by atoms with Crippen LogP contribution in [-0.2, 0) is 6.42 Å². The lowest BCUT2D eigenvalue weighted by Crippen LogP contribution is -1.96. The van der Waals surface area contributed by atoms with Crippen molar-refractivity contribution in [2.75, 3.05) is 0 Å². The van der Waals surface area contributed by atoms with Gasteiger partial charge >= 0.3 is 5.63 Å². The third kappa shape index (κ3) is 1.18. The molecular formula is C13H10O3. The zero-order chi connectivity index (χ0) is 11.1. The number of aryl methyl sites for hydroxylation is 1. The number of rotatable bonds is 1. The molecule has 0 saturated heterocycles. The van der Waals surface area contributed by atoms with Crippen molar-refractivity contribution in [2.45, 2.75) is 13.3 Å². The molecule has 1 aromatic carbocycles. The van der Waals surface area contributed by atoms with Crippen molar-refractivity contribution in [1.82, 2.24) is 0 Å². The number of fused-ring (bicyclic) bond motifs is 2. The number of hydrogen-bond donors (Lipinski definition) is 0. The van der Waals surface area contributed by atoms with E-state index in [2.05, 4.69) is 0 Å². The van der Waals surface area contributed by atoms with E-state index >= 15 is 0 Å². The van der Waals surface area contributed by atoms with Crippen molar-refractivity contribution < 1.29 is 8.83 Å². The fourth-order valence-corrected chi connectivity index (χ4v) is 2.05. The normalized spacial score (nSPS) is 11.3. The van der Waals surface area contributed by atoms with E-state index in [4.69, 9.17) is 8.83 Å². The number of furan rings is 1. The summed E-state index contributed by atoms with van der Waals surface area (Å²) in [6.45, 7) is 2.02. The Morgan fingerprint density at radius 3 is 2.75 bits per heavy atom. The summed E-state index contributed by atoms with van der Waals surface area (Å²) in [5, 5.41) is 1.98. The molecule has 0 spiro atoms. The van der Waals surface area contributed by atoms with Gasteiger partial charge in [-0.1, -0.05) is 6.92 Å². The Morgan fingerprint density at radius 2 is 1.94 bits per heavy atom. The Morgan fingerprint density at radius 1 is 1.12 bits per heavy atom. The van der Waals surface area contributed by atoms with Crippen molar-refractivity contribution in [3.05, 3.63) is 46.5 Å². The summed E-state index contributed by atoms with van der Waals surface area (Å²) in [5.74, 6) is 0. The first-order chi connectivity index (χ1) is 7.79. The predicted octanol–water partition coefficient (Wildman–Crippen LogP) is 3.10. The fraction of sp³-hybridized carbons (Fsp3) is 0.154. The van der Waals surface area contributed by atoms with E-state index < -0.39 is 0 Å². The SMILES string of the molecule is CCc1c2occc2cc2ccc(=O)oc12. The van der Waals surface area contributed by atoms with E-state index in [1.807, 2.05) is 19.1 Å². The molecule has 0 bridgehead atoms. The Labute approximate surface area is 91.3 Å². The second kappa shape index (κ2) is 3.23. The zero-order valence-electron chi connectivity index (χ0n) is 8.82. The second-order valence-corrected chi connectivity index (χ2v) is 3.72. The first kappa shape index (κ1) is 9.21. The molecule has 0 fully saturated rings. The van der Waals surface area contributed by atoms with Gasteiger partial charge in [-0.15, -0.1) is 0 Å². The van der Waals surface area contributed by atoms with Crippen molar-refractivity contribution in [2.24, 2.45) is 0 Å². The second-order valence-electron chi connectivity index (χ2n) is 3.72. The van der Waals surface area contributed by atoms with Crippen LogP contribution in [0, 0.1) is 0 Å². The van der Waals surface area contributed by atoms with Crippen LogP contribution in [0.1, 0.15) is 12.5 Å². The minimum atomic E-state index is -0.326. The van der Waals surface area contributed by atoms with Gasteiger partial charge in [-0.3, -0.25) is 0 Å². The monoisotopic (exact) mass is 214 g/mol. The van der Waals surface area contributed by atoms with Crippen molar-refractivity contribution >= 4 is 21.9 Å². The van der Waals surface area contributed by atoms with Crippen LogP contribution in [0.4, 0.5) is 0 Å². The first-order valence-corrected chi connectivity index (χ1v) is 5.22. The Hall–Kier alpha value is -2.03. The van der Waals surface area contributed by atoms with Crippen LogP contribution >= 0.6 is 0 Å². The van der Waals surface area contributed by atoms with Crippen molar-refractivity contribution in [3.63, 3.8) is 0 Å². The standard InChI is InChI=1S/C13H10O3/c1-2-10-12-9(5-6-15-12)7-8-3-4-11(14)16-13(8)10/h3-7H,2H2,1H3. The molecule has 0 aliphatic carbocycles. The predicted molar refractivity (Wildman–Crippen MR) is 61.6 cm³/mol. The minimum absolute atomic E-state index is 0.326. The van der Waals surface area contributed by atoms with E-state index in [0.29, 0.717) is 5.58 Å². The molecule has 0 N–H and O–H groups in total. The highest BCUT2D eigenvalue weighted by Crippen LogP contribution is 2.28. The highest BCUT2D eigenvalue weighted by atomic mass is 16.4. The topological polar surface area (TPSA) is 43.4 Å². The van der Waals surface area contributed by atoms with E-state index in [1.54, 1.807) is 12.3 Å². The molecule has 0 unspecified atom stereocenters. The van der Waals surface area contributed by atoms with Gasteiger partial charge < -0.3 is 8.83 Å². The lowest BCUT2D eigenvalue weighted by atomic mass is 10.1. The third-order valence-electron chi connectivity index (χ3n) is 2.77. The van der Waals surface area contributed by atoms with Crippen molar-refractivity contribution in [1.29, 1.82) is 0 Å². The lowest BCUT2D eigenvalue weighted by Gasteiger charge is -2.03. The highest BCUT2D eigenvalue weighted by molar-refractivity contribution is 5.96. The number of benzene rings is 1. The molecule has 2 aromatic heterocycles. The van der Waals surface area contributed by atoms with Gasteiger partial charge in [0.15, 0.2) is 0 Å². The van der Waals surface area contributed by atoms with Crippen LogP contribution in [0.3, 0.4) is 0 Å². The Balaban J connectivity index is 2.60. The molecule has 3 aromatic rings. The highest BCUT2D eigenvalue weighted by Gasteiger charge is 2.10. The van der Waals surface area contributed by atoms with Gasteiger partial charge in [0, 0.05) is 22.4 Å². The van der Waals surface area contributed by atoms with Gasteiger partial charge in [0.2, 0.25) is 0 Å². The third-order valence-corrected chi connectivity index (χ3v) is 2.77. The number of hydrogen-bond acceptors (Lipinski definition) is 3. The summed E-state index contributed by atoms with van der Waals surface area (Å²) in [6, 6.07) is 7.11. The molecule has 0 radical (unpaired) electrons. The van der Waals surface area contributed by atoms with E-state index in [0.717, 1.165) is 28.3 Å². The van der Waals surface area contributed by atoms with Gasteiger partial charge in [0.05, 0.1) is 6.26 Å². The van der Waals surface area contributed by atoms with Gasteiger partial charge in [-0.25, -0.2) is 4.79 Å². The summed E-state index contributed by atoms with van der Waals surface area (Å²) < 4.78 is 10.7. The average molecular weight is 214 g/mol. The molecule has 0 aliphatic heterocycles. The van der Waals surface area contributed by atoms with Gasteiger partial charge in [-0.2, -0.15) is 0 Å². The van der Waals surface area contributed by atoms with Crippen LogP contribution in [0.2, 0.25) is 0 Å². The van der Waals surface area contributed by atoms with Crippen LogP contribution in [0.15, 0.2) is 44.2 Å². The van der Waals surface area contributed by atoms with Crippen LogP contribution in [0.5, 0.6) is 0 Å². The van der Waals surface area contributed by atoms with Crippen LogP contribution < -0.4 is 5.63 Å². The van der Waals surface area contributed by atoms with Crippen LogP contribution in [0.25, 0.3) is 21.9 Å². The molecule has 0 amide bonds. The fourth-order valence-electron chi connectivity index (χ4n) is 2.05. The molecule has 3 nitrogen and oxygen atoms in total. The summed E-state index contributed by atoms with van der Waals surface area (Å²) >= 11 is 0. The summed E-state index contributed by atoms with van der Waals surface area (Å²) in [7, 11) is 0. The molecule has 0 saturated carbocycles. The molecule has 0 aliphatic rings. The maximum absolute atomic E-state index is 11.2. The van der Waals surface area contributed by atoms with Crippen molar-refractivity contribution in [3.8, 4) is 0 Å². The summed E-state index contributed by atoms with van der Waals surface area (Å²) in [5.41, 5.74) is 2.07. The molecule has 80 valence electrons. The van der Waals surface area contributed by atoms with Crippen LogP contribution in [-0.4, -0.2) is 0 Å². The molecule has 2 heterocycles. The zero-order valence-corrected chi connectivity index (χ0v) is 8.82. The minimum Gasteiger partial charge on any atom is -0.464 e. The largest absolute Gasteiger partial charge is 0.464 e. The quantitative estimate of drug-likeness (QED) is 0.584. The smallest absolute Gasteiger partial charge is 0.336 e. The molecule has 16 heavy (non-hydrogen) atoms. The molecular weight excluding hydrogens is 204 g/mol. The van der Waals surface area contributed by atoms with E-state index in [1.165, 1.54) is 6.07 Å². The molecule has 3 rings (SSSR count). The average Bonchev–Trinajstić information content (AvgIpc) is 2.73. The van der Waals surface area contributed by atoms with Gasteiger partial charge in [0.1, 0.15) is 11.2 Å². The van der Waals surface area contributed by atoms with Gasteiger partial charge in [0.25, 0.3) is 0 Å². The van der Waals surface area contributed by atoms with E-state index in [-0.39, 0.29) is 5.63 Å². The Kier molecular flexibility index (Phi) is 1.86. The summed E-state index contributed by atoms with van der Waals surface area (Å²) in [6.07, 6.45) is 2.43. The summed E-state index contributed by atoms with van der Waals surface area (Å²) in [4.78, 5) is 11.2. The maximum atomic E-state index is 11.2. The first-order valence-electron chi connectivity index (χ1n) is 5.22. The lowest BCUT2D eigenvalue weighted by molar-refractivity contribution is 0.554. The molecule has 0 atom stereocenters. The van der Waals surface area contributed by atoms with E-state index in [9.17, 15) is 4.79 Å². The molecule has 3 heteroatoms. The van der Waals surface area contributed by atoms with Gasteiger partial charge in [-0.05, 0) is 24.6 Å².